The van der Waals surface area contributed by atoms with E-state index in [4.69, 9.17) is 4.74 Å². The SMILES string of the molecule is C[C@@H](OC(=O)/C=C/c1ccsc1)C(=O)N[C@H]1CCCc2ccccc21. The molecule has 0 radical (unpaired) electrons. The van der Waals surface area contributed by atoms with Gasteiger partial charge in [-0.1, -0.05) is 24.3 Å². The highest BCUT2D eigenvalue weighted by molar-refractivity contribution is 7.08. The first kappa shape index (κ1) is 17.4. The van der Waals surface area contributed by atoms with Crippen LogP contribution in [-0.4, -0.2) is 18.0 Å². The number of fused-ring (bicyclic) bond motifs is 1. The standard InChI is InChI=1S/C20H21NO3S/c1-14(24-19(22)10-9-15-11-12-25-13-15)20(23)21-18-8-4-6-16-5-2-3-7-17(16)18/h2-3,5,7,9-14,18H,4,6,8H2,1H3,(H,21,23)/b10-9+/t14-,18+/m1/s1. The van der Waals surface area contributed by atoms with Gasteiger partial charge < -0.3 is 10.1 Å². The summed E-state index contributed by atoms with van der Waals surface area (Å²) < 4.78 is 5.21. The largest absolute Gasteiger partial charge is 0.449 e. The van der Waals surface area contributed by atoms with E-state index in [0.717, 1.165) is 30.4 Å². The van der Waals surface area contributed by atoms with E-state index < -0.39 is 12.1 Å². The summed E-state index contributed by atoms with van der Waals surface area (Å²) in [5.74, 6) is -0.781. The topological polar surface area (TPSA) is 55.4 Å². The molecular weight excluding hydrogens is 334 g/mol. The van der Waals surface area contributed by atoms with Crippen molar-refractivity contribution in [1.29, 1.82) is 0 Å². The van der Waals surface area contributed by atoms with Gasteiger partial charge in [0.05, 0.1) is 6.04 Å². The molecule has 1 N–H and O–H groups in total. The van der Waals surface area contributed by atoms with Crippen LogP contribution in [-0.2, 0) is 20.7 Å². The van der Waals surface area contributed by atoms with Gasteiger partial charge in [0.15, 0.2) is 6.10 Å². The lowest BCUT2D eigenvalue weighted by molar-refractivity contribution is -0.150. The quantitative estimate of drug-likeness (QED) is 0.654. The zero-order valence-corrected chi connectivity index (χ0v) is 14.9. The number of thiophene rings is 1. The first-order valence-electron chi connectivity index (χ1n) is 8.42. The molecule has 1 aromatic heterocycles. The van der Waals surface area contributed by atoms with Crippen molar-refractivity contribution in [3.05, 3.63) is 63.9 Å². The molecule has 0 saturated carbocycles. The van der Waals surface area contributed by atoms with Crippen molar-refractivity contribution in [2.75, 3.05) is 0 Å². The Labute approximate surface area is 151 Å². The fourth-order valence-corrected chi connectivity index (χ4v) is 3.62. The maximum Gasteiger partial charge on any atom is 0.331 e. The number of nitrogens with one attached hydrogen (secondary N) is 1. The van der Waals surface area contributed by atoms with E-state index in [1.807, 2.05) is 29.0 Å². The lowest BCUT2D eigenvalue weighted by atomic mass is 9.87. The Morgan fingerprint density at radius 3 is 2.96 bits per heavy atom. The minimum absolute atomic E-state index is 0.0139. The molecule has 0 spiro atoms. The highest BCUT2D eigenvalue weighted by atomic mass is 32.1. The molecule has 0 fully saturated rings. The highest BCUT2D eigenvalue weighted by Gasteiger charge is 2.24. The monoisotopic (exact) mass is 355 g/mol. The summed E-state index contributed by atoms with van der Waals surface area (Å²) in [7, 11) is 0. The molecule has 2 aromatic rings. The van der Waals surface area contributed by atoms with Gasteiger partial charge in [0.1, 0.15) is 0 Å². The molecule has 0 bridgehead atoms. The van der Waals surface area contributed by atoms with Crippen molar-refractivity contribution in [2.24, 2.45) is 0 Å². The van der Waals surface area contributed by atoms with E-state index in [0.29, 0.717) is 0 Å². The van der Waals surface area contributed by atoms with Gasteiger partial charge in [-0.25, -0.2) is 4.79 Å². The second-order valence-electron chi connectivity index (χ2n) is 6.12. The van der Waals surface area contributed by atoms with Crippen LogP contribution in [0.4, 0.5) is 0 Å². The molecule has 1 aliphatic rings. The summed E-state index contributed by atoms with van der Waals surface area (Å²) in [6.45, 7) is 1.60. The predicted octanol–water partition coefficient (Wildman–Crippen LogP) is 3.89. The van der Waals surface area contributed by atoms with Crippen molar-refractivity contribution in [1.82, 2.24) is 5.32 Å². The van der Waals surface area contributed by atoms with Crippen LogP contribution in [0.1, 0.15) is 42.5 Å². The number of carbonyl (C=O) groups excluding carboxylic acids is 2. The second-order valence-corrected chi connectivity index (χ2v) is 6.90. The van der Waals surface area contributed by atoms with E-state index in [9.17, 15) is 9.59 Å². The van der Waals surface area contributed by atoms with Crippen LogP contribution in [0.15, 0.2) is 47.2 Å². The Hall–Kier alpha value is -2.40. The van der Waals surface area contributed by atoms with E-state index >= 15 is 0 Å². The van der Waals surface area contributed by atoms with Gasteiger partial charge in [0, 0.05) is 6.08 Å². The molecule has 1 aromatic carbocycles. The van der Waals surface area contributed by atoms with E-state index in [-0.39, 0.29) is 11.9 Å². The van der Waals surface area contributed by atoms with Gasteiger partial charge in [-0.2, -0.15) is 11.3 Å². The molecular formula is C20H21NO3S. The van der Waals surface area contributed by atoms with E-state index in [1.54, 1.807) is 24.3 Å². The fraction of sp³-hybridized carbons (Fsp3) is 0.300. The van der Waals surface area contributed by atoms with E-state index in [1.165, 1.54) is 11.6 Å². The Bertz CT molecular complexity index is 767. The van der Waals surface area contributed by atoms with Crippen LogP contribution >= 0.6 is 11.3 Å². The number of carbonyl (C=O) groups is 2. The summed E-state index contributed by atoms with van der Waals surface area (Å²) in [5, 5.41) is 6.88. The number of ether oxygens (including phenoxy) is 1. The first-order valence-corrected chi connectivity index (χ1v) is 9.37. The third kappa shape index (κ3) is 4.57. The normalized spacial score (nSPS) is 17.7. The Balaban J connectivity index is 1.55. The molecule has 1 aliphatic carbocycles. The fourth-order valence-electron chi connectivity index (χ4n) is 2.99. The Morgan fingerprint density at radius 1 is 1.32 bits per heavy atom. The van der Waals surface area contributed by atoms with Crippen LogP contribution in [0.25, 0.3) is 6.08 Å². The summed E-state index contributed by atoms with van der Waals surface area (Å²) in [6.07, 6.45) is 5.19. The average Bonchev–Trinajstić information content (AvgIpc) is 3.14. The number of esters is 1. The maximum atomic E-state index is 12.4. The van der Waals surface area contributed by atoms with Crippen LogP contribution in [0.5, 0.6) is 0 Å². The number of rotatable bonds is 5. The van der Waals surface area contributed by atoms with Gasteiger partial charge in [0.2, 0.25) is 0 Å². The molecule has 3 rings (SSSR count). The Kier molecular flexibility index (Phi) is 5.66. The van der Waals surface area contributed by atoms with Crippen molar-refractivity contribution in [3.8, 4) is 0 Å². The minimum atomic E-state index is -0.825. The van der Waals surface area contributed by atoms with Crippen LogP contribution < -0.4 is 5.32 Å². The minimum Gasteiger partial charge on any atom is -0.449 e. The maximum absolute atomic E-state index is 12.4. The number of aryl methyl sites for hydroxylation is 1. The molecule has 130 valence electrons. The van der Waals surface area contributed by atoms with Crippen LogP contribution in [0.3, 0.4) is 0 Å². The zero-order chi connectivity index (χ0) is 17.6. The van der Waals surface area contributed by atoms with Crippen molar-refractivity contribution in [3.63, 3.8) is 0 Å². The third-order valence-electron chi connectivity index (χ3n) is 4.30. The smallest absolute Gasteiger partial charge is 0.331 e. The molecule has 2 atom stereocenters. The third-order valence-corrected chi connectivity index (χ3v) is 5.00. The summed E-state index contributed by atoms with van der Waals surface area (Å²) >= 11 is 1.56. The number of amides is 1. The number of benzene rings is 1. The molecule has 4 nitrogen and oxygen atoms in total. The van der Waals surface area contributed by atoms with Crippen molar-refractivity contribution < 1.29 is 14.3 Å². The first-order chi connectivity index (χ1) is 12.1. The van der Waals surface area contributed by atoms with Gasteiger partial charge in [0.25, 0.3) is 5.91 Å². The van der Waals surface area contributed by atoms with Crippen molar-refractivity contribution in [2.45, 2.75) is 38.3 Å². The molecule has 25 heavy (non-hydrogen) atoms. The molecule has 0 saturated heterocycles. The highest BCUT2D eigenvalue weighted by Crippen LogP contribution is 2.29. The Morgan fingerprint density at radius 2 is 2.16 bits per heavy atom. The van der Waals surface area contributed by atoms with Gasteiger partial charge in [-0.3, -0.25) is 4.79 Å². The number of hydrogen-bond acceptors (Lipinski definition) is 4. The summed E-state index contributed by atoms with van der Waals surface area (Å²) in [5.41, 5.74) is 3.39. The van der Waals surface area contributed by atoms with Gasteiger partial charge in [-0.15, -0.1) is 0 Å². The average molecular weight is 355 g/mol. The molecule has 0 aliphatic heterocycles. The molecule has 1 heterocycles. The predicted molar refractivity (Wildman–Crippen MR) is 99.2 cm³/mol. The van der Waals surface area contributed by atoms with Gasteiger partial charge >= 0.3 is 5.97 Å². The zero-order valence-electron chi connectivity index (χ0n) is 14.1. The van der Waals surface area contributed by atoms with Crippen LogP contribution in [0.2, 0.25) is 0 Å². The summed E-state index contributed by atoms with van der Waals surface area (Å²) in [6, 6.07) is 10.1. The summed E-state index contributed by atoms with van der Waals surface area (Å²) in [4.78, 5) is 24.2. The molecule has 1 amide bonds. The van der Waals surface area contributed by atoms with Crippen LogP contribution in [0, 0.1) is 0 Å². The van der Waals surface area contributed by atoms with E-state index in [2.05, 4.69) is 17.4 Å². The molecule has 5 heteroatoms. The molecule has 0 unspecified atom stereocenters. The lowest BCUT2D eigenvalue weighted by Crippen LogP contribution is -2.39. The lowest BCUT2D eigenvalue weighted by Gasteiger charge is -2.27. The second kappa shape index (κ2) is 8.12. The number of hydrogen-bond donors (Lipinski definition) is 1. The van der Waals surface area contributed by atoms with Gasteiger partial charge in [-0.05, 0) is 65.8 Å². The van der Waals surface area contributed by atoms with Crippen molar-refractivity contribution >= 4 is 29.3 Å².